The number of aryl methyl sites for hydroxylation is 1. The second kappa shape index (κ2) is 6.70. The zero-order chi connectivity index (χ0) is 19.9. The van der Waals surface area contributed by atoms with Gasteiger partial charge in [-0.2, -0.15) is 13.2 Å². The fourth-order valence-electron chi connectivity index (χ4n) is 3.02. The first-order valence-electron chi connectivity index (χ1n) is 8.44. The Kier molecular flexibility index (Phi) is 4.33. The Bertz CT molecular complexity index is 1140. The van der Waals surface area contributed by atoms with E-state index < -0.39 is 17.7 Å². The van der Waals surface area contributed by atoms with E-state index in [9.17, 15) is 17.6 Å². The molecule has 0 aromatic carbocycles. The van der Waals surface area contributed by atoms with Gasteiger partial charge >= 0.3 is 6.18 Å². The van der Waals surface area contributed by atoms with Gasteiger partial charge in [0.05, 0.1) is 6.54 Å². The van der Waals surface area contributed by atoms with Gasteiger partial charge in [0.25, 0.3) is 0 Å². The van der Waals surface area contributed by atoms with Crippen molar-refractivity contribution in [2.24, 2.45) is 0 Å². The average molecular weight is 390 g/mol. The summed E-state index contributed by atoms with van der Waals surface area (Å²) in [6, 6.07) is 4.97. The first kappa shape index (κ1) is 18.1. The SMILES string of the molecule is CCn1c(Cn2ccnc2-c2ncccc2F)nc2ccc(C(F)(F)F)nc21. The summed E-state index contributed by atoms with van der Waals surface area (Å²) in [4.78, 5) is 16.3. The first-order chi connectivity index (χ1) is 13.4. The molecule has 4 heterocycles. The Labute approximate surface area is 156 Å². The highest BCUT2D eigenvalue weighted by Crippen LogP contribution is 2.29. The van der Waals surface area contributed by atoms with Crippen LogP contribution in [-0.4, -0.2) is 29.1 Å². The van der Waals surface area contributed by atoms with Crippen molar-refractivity contribution < 1.29 is 17.6 Å². The highest BCUT2D eigenvalue weighted by Gasteiger charge is 2.33. The van der Waals surface area contributed by atoms with Gasteiger partial charge in [0, 0.05) is 25.1 Å². The Morgan fingerprint density at radius 1 is 1.04 bits per heavy atom. The lowest BCUT2D eigenvalue weighted by molar-refractivity contribution is -0.141. The molecule has 0 amide bonds. The van der Waals surface area contributed by atoms with Crippen LogP contribution in [0.25, 0.3) is 22.7 Å². The molecule has 4 aromatic heterocycles. The van der Waals surface area contributed by atoms with Gasteiger partial charge in [-0.15, -0.1) is 0 Å². The van der Waals surface area contributed by atoms with Gasteiger partial charge in [0.15, 0.2) is 17.3 Å². The molecule has 28 heavy (non-hydrogen) atoms. The molecule has 10 heteroatoms. The highest BCUT2D eigenvalue weighted by atomic mass is 19.4. The number of fused-ring (bicyclic) bond motifs is 1. The van der Waals surface area contributed by atoms with E-state index in [0.29, 0.717) is 23.7 Å². The molecular weight excluding hydrogens is 376 g/mol. The van der Waals surface area contributed by atoms with Crippen LogP contribution < -0.4 is 0 Å². The van der Waals surface area contributed by atoms with Gasteiger partial charge in [-0.3, -0.25) is 0 Å². The van der Waals surface area contributed by atoms with E-state index in [1.165, 1.54) is 30.6 Å². The third kappa shape index (κ3) is 3.10. The molecule has 0 aliphatic carbocycles. The Morgan fingerprint density at radius 2 is 1.86 bits per heavy atom. The summed E-state index contributed by atoms with van der Waals surface area (Å²) >= 11 is 0. The van der Waals surface area contributed by atoms with Crippen LogP contribution in [0.2, 0.25) is 0 Å². The molecule has 0 fully saturated rings. The fraction of sp³-hybridized carbons (Fsp3) is 0.222. The van der Waals surface area contributed by atoms with E-state index in [1.807, 2.05) is 0 Å². The third-order valence-electron chi connectivity index (χ3n) is 4.28. The lowest BCUT2D eigenvalue weighted by Gasteiger charge is -2.10. The van der Waals surface area contributed by atoms with Gasteiger partial charge < -0.3 is 9.13 Å². The van der Waals surface area contributed by atoms with Crippen LogP contribution in [-0.2, 0) is 19.3 Å². The zero-order valence-corrected chi connectivity index (χ0v) is 14.7. The largest absolute Gasteiger partial charge is 0.433 e. The van der Waals surface area contributed by atoms with Crippen LogP contribution in [0.15, 0.2) is 42.9 Å². The van der Waals surface area contributed by atoms with Gasteiger partial charge in [-0.25, -0.2) is 24.3 Å². The van der Waals surface area contributed by atoms with E-state index in [2.05, 4.69) is 19.9 Å². The quantitative estimate of drug-likeness (QED) is 0.496. The molecule has 144 valence electrons. The van der Waals surface area contributed by atoms with E-state index in [1.54, 1.807) is 22.3 Å². The minimum atomic E-state index is -4.54. The van der Waals surface area contributed by atoms with Gasteiger partial charge in [0.2, 0.25) is 0 Å². The van der Waals surface area contributed by atoms with Crippen LogP contribution in [0.4, 0.5) is 17.6 Å². The molecule has 0 aliphatic rings. The maximum Gasteiger partial charge on any atom is 0.433 e. The van der Waals surface area contributed by atoms with Gasteiger partial charge in [0.1, 0.15) is 22.7 Å². The molecule has 0 bridgehead atoms. The zero-order valence-electron chi connectivity index (χ0n) is 14.7. The molecule has 4 rings (SSSR count). The molecule has 0 atom stereocenters. The third-order valence-corrected chi connectivity index (χ3v) is 4.28. The number of pyridine rings is 2. The van der Waals surface area contributed by atoms with Crippen LogP contribution in [0.1, 0.15) is 18.4 Å². The predicted molar refractivity (Wildman–Crippen MR) is 92.7 cm³/mol. The second-order valence-electron chi connectivity index (χ2n) is 6.02. The molecule has 0 saturated heterocycles. The normalized spacial score (nSPS) is 12.0. The van der Waals surface area contributed by atoms with Crippen molar-refractivity contribution in [1.29, 1.82) is 0 Å². The van der Waals surface area contributed by atoms with Crippen LogP contribution in [0.5, 0.6) is 0 Å². The maximum atomic E-state index is 14.1. The number of imidazole rings is 2. The number of hydrogen-bond acceptors (Lipinski definition) is 4. The van der Waals surface area contributed by atoms with Gasteiger partial charge in [-0.05, 0) is 31.2 Å². The predicted octanol–water partition coefficient (Wildman–Crippen LogP) is 3.92. The Hall–Kier alpha value is -3.30. The fourth-order valence-corrected chi connectivity index (χ4v) is 3.02. The summed E-state index contributed by atoms with van der Waals surface area (Å²) in [6.07, 6.45) is 0.0618. The smallest absolute Gasteiger partial charge is 0.322 e. The highest BCUT2D eigenvalue weighted by molar-refractivity contribution is 5.72. The van der Waals surface area contributed by atoms with Crippen molar-refractivity contribution >= 4 is 11.2 Å². The summed E-state index contributed by atoms with van der Waals surface area (Å²) < 4.78 is 56.3. The minimum absolute atomic E-state index is 0.0872. The first-order valence-corrected chi connectivity index (χ1v) is 8.44. The van der Waals surface area contributed by atoms with Crippen LogP contribution in [0, 0.1) is 5.82 Å². The van der Waals surface area contributed by atoms with Crippen molar-refractivity contribution in [2.45, 2.75) is 26.2 Å². The van der Waals surface area contributed by atoms with Crippen LogP contribution in [0.3, 0.4) is 0 Å². The molecule has 4 aromatic rings. The lowest BCUT2D eigenvalue weighted by atomic mass is 10.3. The molecule has 0 saturated carbocycles. The molecule has 0 radical (unpaired) electrons. The number of halogens is 4. The second-order valence-corrected chi connectivity index (χ2v) is 6.02. The summed E-state index contributed by atoms with van der Waals surface area (Å²) in [5.41, 5.74) is -0.377. The van der Waals surface area contributed by atoms with E-state index in [-0.39, 0.29) is 17.9 Å². The van der Waals surface area contributed by atoms with Crippen LogP contribution >= 0.6 is 0 Å². The van der Waals surface area contributed by atoms with Crippen molar-refractivity contribution in [1.82, 2.24) is 29.1 Å². The van der Waals surface area contributed by atoms with E-state index in [0.717, 1.165) is 6.07 Å². The van der Waals surface area contributed by atoms with Gasteiger partial charge in [-0.1, -0.05) is 0 Å². The van der Waals surface area contributed by atoms with E-state index >= 15 is 0 Å². The molecule has 0 aliphatic heterocycles. The molecule has 0 unspecified atom stereocenters. The number of hydrogen-bond donors (Lipinski definition) is 0. The van der Waals surface area contributed by atoms with E-state index in [4.69, 9.17) is 0 Å². The number of rotatable bonds is 4. The monoisotopic (exact) mass is 390 g/mol. The number of nitrogens with zero attached hydrogens (tertiary/aromatic N) is 6. The standard InChI is InChI=1S/C18H14F4N6/c1-2-28-14(25-12-5-6-13(18(20,21)22)26-16(12)28)10-27-9-8-24-17(27)15-11(19)4-3-7-23-15/h3-9H,2,10H2,1H3. The summed E-state index contributed by atoms with van der Waals surface area (Å²) in [7, 11) is 0. The van der Waals surface area contributed by atoms with Crippen molar-refractivity contribution in [2.75, 3.05) is 0 Å². The van der Waals surface area contributed by atoms with Crippen molar-refractivity contribution in [3.05, 3.63) is 60.2 Å². The Morgan fingerprint density at radius 3 is 2.57 bits per heavy atom. The number of aromatic nitrogens is 6. The summed E-state index contributed by atoms with van der Waals surface area (Å²) in [6.45, 7) is 2.35. The summed E-state index contributed by atoms with van der Waals surface area (Å²) in [5.74, 6) is 0.270. The topological polar surface area (TPSA) is 61.4 Å². The van der Waals surface area contributed by atoms with Crippen molar-refractivity contribution in [3.8, 4) is 11.5 Å². The summed E-state index contributed by atoms with van der Waals surface area (Å²) in [5, 5.41) is 0. The molecule has 0 N–H and O–H groups in total. The Balaban J connectivity index is 1.78. The number of alkyl halides is 3. The van der Waals surface area contributed by atoms with Crippen molar-refractivity contribution in [3.63, 3.8) is 0 Å². The maximum absolute atomic E-state index is 14.1. The lowest BCUT2D eigenvalue weighted by Crippen LogP contribution is -2.11. The minimum Gasteiger partial charge on any atom is -0.322 e. The molecule has 6 nitrogen and oxygen atoms in total. The molecular formula is C18H14F4N6. The average Bonchev–Trinajstić information content (AvgIpc) is 3.24. The molecule has 0 spiro atoms.